The molecule has 0 unspecified atom stereocenters. The van der Waals surface area contributed by atoms with E-state index in [9.17, 15) is 4.79 Å². The number of carbonyl (C=O) groups excluding carboxylic acids is 1. The van der Waals surface area contributed by atoms with Gasteiger partial charge in [-0.05, 0) is 11.8 Å². The SMILES string of the molecule is C=C(CC(C)(C)C)C(=O)OO. The molecule has 64 valence electrons. The van der Waals surface area contributed by atoms with Gasteiger partial charge < -0.3 is 0 Å². The monoisotopic (exact) mass is 158 g/mol. The standard InChI is InChI=1S/C8H14O3/c1-6(7(9)11-10)5-8(2,3)4/h10H,1,5H2,2-4H3. The van der Waals surface area contributed by atoms with E-state index >= 15 is 0 Å². The Morgan fingerprint density at radius 3 is 2.27 bits per heavy atom. The van der Waals surface area contributed by atoms with E-state index in [1.165, 1.54) is 0 Å². The normalized spacial score (nSPS) is 10.9. The van der Waals surface area contributed by atoms with E-state index in [1.807, 2.05) is 20.8 Å². The molecule has 0 radical (unpaired) electrons. The third-order valence-electron chi connectivity index (χ3n) is 1.12. The molecule has 0 heterocycles. The molecular weight excluding hydrogens is 144 g/mol. The van der Waals surface area contributed by atoms with Gasteiger partial charge in [-0.15, -0.1) is 0 Å². The van der Waals surface area contributed by atoms with Gasteiger partial charge >= 0.3 is 5.97 Å². The van der Waals surface area contributed by atoms with Crippen LogP contribution in [-0.4, -0.2) is 11.2 Å². The van der Waals surface area contributed by atoms with Gasteiger partial charge in [0, 0.05) is 5.57 Å². The minimum Gasteiger partial charge on any atom is -0.296 e. The first kappa shape index (κ1) is 10.2. The van der Waals surface area contributed by atoms with Crippen LogP contribution in [0, 0.1) is 5.41 Å². The Hall–Kier alpha value is -0.830. The van der Waals surface area contributed by atoms with Gasteiger partial charge in [0.2, 0.25) is 0 Å². The minimum atomic E-state index is -0.750. The summed E-state index contributed by atoms with van der Waals surface area (Å²) in [5.41, 5.74) is 0.283. The summed E-state index contributed by atoms with van der Waals surface area (Å²) < 4.78 is 0. The second-order valence-electron chi connectivity index (χ2n) is 3.72. The maximum Gasteiger partial charge on any atom is 0.368 e. The average Bonchev–Trinajstić information content (AvgIpc) is 1.82. The molecule has 0 aromatic heterocycles. The Morgan fingerprint density at radius 2 is 2.00 bits per heavy atom. The van der Waals surface area contributed by atoms with Gasteiger partial charge in [-0.3, -0.25) is 4.89 Å². The van der Waals surface area contributed by atoms with E-state index in [0.717, 1.165) is 0 Å². The van der Waals surface area contributed by atoms with Crippen LogP contribution in [0.4, 0.5) is 0 Å². The van der Waals surface area contributed by atoms with Gasteiger partial charge in [-0.25, -0.2) is 4.79 Å². The fraction of sp³-hybridized carbons (Fsp3) is 0.625. The van der Waals surface area contributed by atoms with Crippen LogP contribution in [0.25, 0.3) is 0 Å². The summed E-state index contributed by atoms with van der Waals surface area (Å²) in [4.78, 5) is 14.1. The van der Waals surface area contributed by atoms with Crippen molar-refractivity contribution in [3.05, 3.63) is 12.2 Å². The Labute approximate surface area is 66.6 Å². The van der Waals surface area contributed by atoms with Crippen LogP contribution in [0.3, 0.4) is 0 Å². The van der Waals surface area contributed by atoms with E-state index in [4.69, 9.17) is 5.26 Å². The molecule has 3 nitrogen and oxygen atoms in total. The molecule has 0 aliphatic carbocycles. The Balaban J connectivity index is 3.99. The zero-order valence-corrected chi connectivity index (χ0v) is 7.18. The van der Waals surface area contributed by atoms with Crippen molar-refractivity contribution in [3.63, 3.8) is 0 Å². The lowest BCUT2D eigenvalue weighted by Gasteiger charge is -2.17. The third-order valence-corrected chi connectivity index (χ3v) is 1.12. The highest BCUT2D eigenvalue weighted by atomic mass is 17.1. The van der Waals surface area contributed by atoms with Gasteiger partial charge in [-0.1, -0.05) is 27.4 Å². The molecule has 0 fully saturated rings. The van der Waals surface area contributed by atoms with E-state index in [2.05, 4.69) is 11.5 Å². The molecule has 3 heteroatoms. The van der Waals surface area contributed by atoms with Crippen LogP contribution in [0.2, 0.25) is 0 Å². The first-order valence-electron chi connectivity index (χ1n) is 3.40. The maximum absolute atomic E-state index is 10.6. The molecule has 0 saturated heterocycles. The molecule has 0 rings (SSSR count). The summed E-state index contributed by atoms with van der Waals surface area (Å²) in [6.45, 7) is 9.40. The van der Waals surface area contributed by atoms with Gasteiger partial charge in [-0.2, -0.15) is 5.26 Å². The molecule has 0 aromatic rings. The first-order chi connectivity index (χ1) is 4.87. The summed E-state index contributed by atoms with van der Waals surface area (Å²) in [7, 11) is 0. The predicted molar refractivity (Wildman–Crippen MR) is 41.9 cm³/mol. The van der Waals surface area contributed by atoms with Crippen molar-refractivity contribution in [2.24, 2.45) is 5.41 Å². The second kappa shape index (κ2) is 3.53. The summed E-state index contributed by atoms with van der Waals surface area (Å²) in [6, 6.07) is 0. The number of hydrogen-bond acceptors (Lipinski definition) is 3. The molecule has 0 saturated carbocycles. The fourth-order valence-electron chi connectivity index (χ4n) is 0.777. The van der Waals surface area contributed by atoms with Crippen molar-refractivity contribution in [2.45, 2.75) is 27.2 Å². The van der Waals surface area contributed by atoms with Crippen molar-refractivity contribution >= 4 is 5.97 Å². The van der Waals surface area contributed by atoms with Crippen LogP contribution < -0.4 is 0 Å². The van der Waals surface area contributed by atoms with E-state index < -0.39 is 5.97 Å². The Kier molecular flexibility index (Phi) is 3.26. The molecule has 0 aliphatic rings. The summed E-state index contributed by atoms with van der Waals surface area (Å²) in [5.74, 6) is -0.750. The smallest absolute Gasteiger partial charge is 0.296 e. The predicted octanol–water partition coefficient (Wildman–Crippen LogP) is 2.00. The van der Waals surface area contributed by atoms with E-state index in [1.54, 1.807) is 0 Å². The molecule has 0 atom stereocenters. The Bertz CT molecular complexity index is 165. The molecule has 1 N–H and O–H groups in total. The highest BCUT2D eigenvalue weighted by Gasteiger charge is 2.17. The summed E-state index contributed by atoms with van der Waals surface area (Å²) in [6.07, 6.45) is 0.520. The lowest BCUT2D eigenvalue weighted by molar-refractivity contribution is -0.229. The largest absolute Gasteiger partial charge is 0.368 e. The molecular formula is C8H14O3. The van der Waals surface area contributed by atoms with Crippen LogP contribution in [0.15, 0.2) is 12.2 Å². The highest BCUT2D eigenvalue weighted by molar-refractivity contribution is 5.87. The van der Waals surface area contributed by atoms with Crippen molar-refractivity contribution in [1.82, 2.24) is 0 Å². The lowest BCUT2D eigenvalue weighted by atomic mass is 9.88. The van der Waals surface area contributed by atoms with Gasteiger partial charge in [0.1, 0.15) is 0 Å². The third kappa shape index (κ3) is 4.56. The van der Waals surface area contributed by atoms with Crippen molar-refractivity contribution in [1.29, 1.82) is 0 Å². The quantitative estimate of drug-likeness (QED) is 0.380. The van der Waals surface area contributed by atoms with Crippen molar-refractivity contribution in [3.8, 4) is 0 Å². The lowest BCUT2D eigenvalue weighted by Crippen LogP contribution is -2.12. The molecule has 0 amide bonds. The maximum atomic E-state index is 10.6. The molecule has 0 bridgehead atoms. The van der Waals surface area contributed by atoms with E-state index in [-0.39, 0.29) is 5.41 Å². The van der Waals surface area contributed by atoms with Crippen LogP contribution >= 0.6 is 0 Å². The average molecular weight is 158 g/mol. The number of rotatable bonds is 2. The molecule has 0 spiro atoms. The summed E-state index contributed by atoms with van der Waals surface area (Å²) in [5, 5.41) is 7.99. The zero-order chi connectivity index (χ0) is 9.07. The fourth-order valence-corrected chi connectivity index (χ4v) is 0.777. The van der Waals surface area contributed by atoms with E-state index in [0.29, 0.717) is 12.0 Å². The van der Waals surface area contributed by atoms with Gasteiger partial charge in [0.25, 0.3) is 0 Å². The first-order valence-corrected chi connectivity index (χ1v) is 3.40. The molecule has 0 aliphatic heterocycles. The number of hydrogen-bond donors (Lipinski definition) is 1. The number of carbonyl (C=O) groups is 1. The van der Waals surface area contributed by atoms with Gasteiger partial charge in [0.05, 0.1) is 0 Å². The van der Waals surface area contributed by atoms with Gasteiger partial charge in [0.15, 0.2) is 0 Å². The van der Waals surface area contributed by atoms with Crippen LogP contribution in [0.1, 0.15) is 27.2 Å². The highest BCUT2D eigenvalue weighted by Crippen LogP contribution is 2.23. The minimum absolute atomic E-state index is 0.00866. The van der Waals surface area contributed by atoms with Crippen LogP contribution in [-0.2, 0) is 9.68 Å². The Morgan fingerprint density at radius 1 is 1.55 bits per heavy atom. The van der Waals surface area contributed by atoms with Crippen LogP contribution in [0.5, 0.6) is 0 Å². The zero-order valence-electron chi connectivity index (χ0n) is 7.18. The topological polar surface area (TPSA) is 46.5 Å². The van der Waals surface area contributed by atoms with Crippen molar-refractivity contribution in [2.75, 3.05) is 0 Å². The van der Waals surface area contributed by atoms with Crippen molar-refractivity contribution < 1.29 is 14.9 Å². The summed E-state index contributed by atoms with van der Waals surface area (Å²) >= 11 is 0. The molecule has 0 aromatic carbocycles. The molecule has 11 heavy (non-hydrogen) atoms. The second-order valence-corrected chi connectivity index (χ2v) is 3.72.